The van der Waals surface area contributed by atoms with Gasteiger partial charge >= 0.3 is 0 Å². The van der Waals surface area contributed by atoms with Crippen LogP contribution in [0.2, 0.25) is 0 Å². The van der Waals surface area contributed by atoms with Gasteiger partial charge in [0, 0.05) is 38.1 Å². The molecule has 0 aromatic heterocycles. The Kier molecular flexibility index (Phi) is 7.04. The maximum absolute atomic E-state index is 7.08. The van der Waals surface area contributed by atoms with E-state index in [4.69, 9.17) is 9.47 Å². The van der Waals surface area contributed by atoms with Crippen LogP contribution in [0.3, 0.4) is 0 Å². The number of hydrogen-bond donors (Lipinski definition) is 0. The third kappa shape index (κ3) is 5.05. The van der Waals surface area contributed by atoms with Gasteiger partial charge < -0.3 is 14.4 Å². The molecule has 0 unspecified atom stereocenters. The smallest absolute Gasteiger partial charge is 0.260 e. The summed E-state index contributed by atoms with van der Waals surface area (Å²) in [5.74, 6) is 3.63. The van der Waals surface area contributed by atoms with E-state index in [0.29, 0.717) is 0 Å². The molecule has 7 aromatic rings. The fourth-order valence-corrected chi connectivity index (χ4v) is 9.53. The average molecular weight is 706 g/mol. The van der Waals surface area contributed by atoms with Crippen molar-refractivity contribution in [2.45, 2.75) is 62.2 Å². The molecule has 0 saturated heterocycles. The van der Waals surface area contributed by atoms with E-state index >= 15 is 0 Å². The van der Waals surface area contributed by atoms with Gasteiger partial charge in [0.1, 0.15) is 23.0 Å². The van der Waals surface area contributed by atoms with Gasteiger partial charge in [-0.15, -0.1) is 0 Å². The molecule has 0 fully saturated rings. The highest BCUT2D eigenvalue weighted by Gasteiger charge is 2.44. The van der Waals surface area contributed by atoms with Crippen LogP contribution < -0.4 is 30.8 Å². The SMILES string of the molecule is CC(C)(C)c1ccc2c(c1)B1c3cc(C(C)(C)C)ccc3Oc3c4c(cc(c31)O2)-c1ccc(N(c2ccccc2)c2ccccc2)c2cccc(c12)S4. The number of hydrogen-bond acceptors (Lipinski definition) is 4. The van der Waals surface area contributed by atoms with Gasteiger partial charge in [-0.1, -0.05) is 132 Å². The Labute approximate surface area is 316 Å². The summed E-state index contributed by atoms with van der Waals surface area (Å²) in [7, 11) is 0. The molecule has 0 saturated carbocycles. The Balaban J connectivity index is 1.20. The Morgan fingerprint density at radius 2 is 1.15 bits per heavy atom. The van der Waals surface area contributed by atoms with Gasteiger partial charge in [-0.2, -0.15) is 0 Å². The molecule has 0 aliphatic carbocycles. The number of rotatable bonds is 3. The van der Waals surface area contributed by atoms with Crippen molar-refractivity contribution >= 4 is 62.7 Å². The summed E-state index contributed by atoms with van der Waals surface area (Å²) in [6.45, 7) is 13.7. The molecule has 3 aliphatic heterocycles. The van der Waals surface area contributed by atoms with Gasteiger partial charge in [-0.05, 0) is 93.0 Å². The number of fused-ring (bicyclic) bond motifs is 7. The van der Waals surface area contributed by atoms with Gasteiger partial charge in [0.2, 0.25) is 0 Å². The van der Waals surface area contributed by atoms with Gasteiger partial charge in [0.15, 0.2) is 0 Å². The zero-order chi connectivity index (χ0) is 36.2. The van der Waals surface area contributed by atoms with Crippen LogP contribution in [-0.4, -0.2) is 6.71 Å². The van der Waals surface area contributed by atoms with Crippen LogP contribution in [0.15, 0.2) is 143 Å². The summed E-state index contributed by atoms with van der Waals surface area (Å²) < 4.78 is 14.0. The largest absolute Gasteiger partial charge is 0.458 e. The quantitative estimate of drug-likeness (QED) is 0.171. The number of nitrogens with zero attached hydrogens (tertiary/aromatic N) is 1. The molecule has 0 bridgehead atoms. The van der Waals surface area contributed by atoms with E-state index in [1.165, 1.54) is 43.3 Å². The van der Waals surface area contributed by atoms with Crippen LogP contribution in [0.1, 0.15) is 52.7 Å². The Morgan fingerprint density at radius 1 is 0.547 bits per heavy atom. The summed E-state index contributed by atoms with van der Waals surface area (Å²) >= 11 is 1.82. The molecular formula is C48H40BNO2S. The molecular weight excluding hydrogens is 665 g/mol. The van der Waals surface area contributed by atoms with Crippen molar-refractivity contribution in [2.24, 2.45) is 0 Å². The van der Waals surface area contributed by atoms with Crippen molar-refractivity contribution in [3.8, 4) is 34.1 Å². The van der Waals surface area contributed by atoms with Crippen LogP contribution in [-0.2, 0) is 10.8 Å². The first-order valence-corrected chi connectivity index (χ1v) is 19.4. The number of benzene rings is 7. The number of anilines is 3. The van der Waals surface area contributed by atoms with Gasteiger partial charge in [0.25, 0.3) is 6.71 Å². The van der Waals surface area contributed by atoms with E-state index in [1.807, 2.05) is 11.8 Å². The highest BCUT2D eigenvalue weighted by atomic mass is 32.2. The summed E-state index contributed by atoms with van der Waals surface area (Å²) in [6.07, 6.45) is 0. The van der Waals surface area contributed by atoms with E-state index in [1.54, 1.807) is 0 Å². The van der Waals surface area contributed by atoms with Crippen molar-refractivity contribution in [3.63, 3.8) is 0 Å². The first kappa shape index (κ1) is 32.3. The lowest BCUT2D eigenvalue weighted by molar-refractivity contribution is 0.456. The monoisotopic (exact) mass is 705 g/mol. The molecule has 0 spiro atoms. The highest BCUT2D eigenvalue weighted by Crippen LogP contribution is 2.56. The molecule has 10 rings (SSSR count). The van der Waals surface area contributed by atoms with Crippen LogP contribution in [0.5, 0.6) is 23.0 Å². The number of para-hydroxylation sites is 2. The summed E-state index contributed by atoms with van der Waals surface area (Å²) in [5.41, 5.74) is 11.9. The lowest BCUT2D eigenvalue weighted by Gasteiger charge is -2.37. The zero-order valence-electron chi connectivity index (χ0n) is 31.0. The third-order valence-corrected chi connectivity index (χ3v) is 12.3. The summed E-state index contributed by atoms with van der Waals surface area (Å²) in [6, 6.07) is 48.5. The Hall–Kier alpha value is -5.39. The van der Waals surface area contributed by atoms with Gasteiger partial charge in [-0.25, -0.2) is 0 Å². The minimum absolute atomic E-state index is 0.00292. The minimum Gasteiger partial charge on any atom is -0.458 e. The molecule has 5 heteroatoms. The second-order valence-corrected chi connectivity index (χ2v) is 17.6. The molecule has 0 atom stereocenters. The minimum atomic E-state index is -0.00660. The van der Waals surface area contributed by atoms with E-state index in [2.05, 4.69) is 180 Å². The highest BCUT2D eigenvalue weighted by molar-refractivity contribution is 8.00. The zero-order valence-corrected chi connectivity index (χ0v) is 31.8. The third-order valence-electron chi connectivity index (χ3n) is 11.1. The maximum atomic E-state index is 7.08. The van der Waals surface area contributed by atoms with Crippen molar-refractivity contribution < 1.29 is 9.47 Å². The van der Waals surface area contributed by atoms with Crippen molar-refractivity contribution in [3.05, 3.63) is 145 Å². The fourth-order valence-electron chi connectivity index (χ4n) is 8.32. The Morgan fingerprint density at radius 3 is 1.75 bits per heavy atom. The average Bonchev–Trinajstić information content (AvgIpc) is 3.15. The molecule has 0 N–H and O–H groups in total. The molecule has 7 aromatic carbocycles. The summed E-state index contributed by atoms with van der Waals surface area (Å²) in [4.78, 5) is 4.74. The lowest BCUT2D eigenvalue weighted by Crippen LogP contribution is -2.58. The molecule has 0 amide bonds. The van der Waals surface area contributed by atoms with Crippen molar-refractivity contribution in [1.29, 1.82) is 0 Å². The van der Waals surface area contributed by atoms with Crippen LogP contribution in [0.4, 0.5) is 17.1 Å². The molecule has 3 nitrogen and oxygen atoms in total. The summed E-state index contributed by atoms with van der Waals surface area (Å²) in [5, 5.41) is 2.46. The standard InChI is InChI=1S/C48H40BNO2S/c1-47(2,3)29-20-24-39-36(26-29)49-37-27-30(48(4,5)6)21-25-40(37)52-45-44(49)41(51-39)28-35-33-22-23-38(34-18-13-19-42(43(33)34)53-46(35)45)50(31-14-9-7-10-15-31)32-16-11-8-12-17-32/h7-28H,1-6H3. The van der Waals surface area contributed by atoms with E-state index in [9.17, 15) is 0 Å². The van der Waals surface area contributed by atoms with Crippen molar-refractivity contribution in [1.82, 2.24) is 0 Å². The van der Waals surface area contributed by atoms with E-state index in [0.717, 1.165) is 56.0 Å². The molecule has 53 heavy (non-hydrogen) atoms. The lowest BCUT2D eigenvalue weighted by atomic mass is 9.34. The topological polar surface area (TPSA) is 21.7 Å². The molecule has 258 valence electrons. The second-order valence-electron chi connectivity index (χ2n) is 16.6. The molecule has 0 radical (unpaired) electrons. The first-order valence-electron chi connectivity index (χ1n) is 18.5. The van der Waals surface area contributed by atoms with Gasteiger partial charge in [0.05, 0.1) is 10.6 Å². The predicted octanol–water partition coefficient (Wildman–Crippen LogP) is 11.8. The van der Waals surface area contributed by atoms with Gasteiger partial charge in [-0.3, -0.25) is 0 Å². The van der Waals surface area contributed by atoms with E-state index in [-0.39, 0.29) is 17.5 Å². The molecule has 3 heterocycles. The van der Waals surface area contributed by atoms with Crippen molar-refractivity contribution in [2.75, 3.05) is 4.90 Å². The normalized spacial score (nSPS) is 13.7. The first-order chi connectivity index (χ1) is 25.5. The van der Waals surface area contributed by atoms with E-state index < -0.39 is 0 Å². The fraction of sp³-hybridized carbons (Fsp3) is 0.167. The Bertz CT molecular complexity index is 2560. The second kappa shape index (κ2) is 11.6. The van der Waals surface area contributed by atoms with Crippen LogP contribution in [0, 0.1) is 0 Å². The predicted molar refractivity (Wildman–Crippen MR) is 223 cm³/mol. The molecule has 3 aliphatic rings. The number of ether oxygens (including phenoxy) is 2. The van der Waals surface area contributed by atoms with Crippen LogP contribution in [0.25, 0.3) is 21.9 Å². The maximum Gasteiger partial charge on any atom is 0.260 e. The van der Waals surface area contributed by atoms with Crippen LogP contribution >= 0.6 is 11.8 Å².